The topological polar surface area (TPSA) is 80.9 Å². The molecule has 2 heterocycles. The van der Waals surface area contributed by atoms with Gasteiger partial charge in [-0.1, -0.05) is 0 Å². The van der Waals surface area contributed by atoms with E-state index < -0.39 is 0 Å². The molecule has 1 N–H and O–H groups in total. The van der Waals surface area contributed by atoms with E-state index in [0.717, 1.165) is 12.0 Å². The monoisotopic (exact) mass is 218 g/mol. The molecule has 82 valence electrons. The lowest BCUT2D eigenvalue weighted by molar-refractivity contribution is 0.112. The van der Waals surface area contributed by atoms with Gasteiger partial charge in [0.25, 0.3) is 0 Å². The van der Waals surface area contributed by atoms with E-state index in [0.29, 0.717) is 17.8 Å². The van der Waals surface area contributed by atoms with Crippen LogP contribution in [-0.4, -0.2) is 31.4 Å². The highest BCUT2D eigenvalue weighted by Gasteiger charge is 2.01. The van der Waals surface area contributed by atoms with Crippen molar-refractivity contribution < 1.29 is 9.90 Å². The number of aldehydes is 1. The van der Waals surface area contributed by atoms with Crippen molar-refractivity contribution in [1.82, 2.24) is 20.0 Å². The van der Waals surface area contributed by atoms with Crippen molar-refractivity contribution in [2.75, 3.05) is 0 Å². The molecule has 0 aromatic carbocycles. The Morgan fingerprint density at radius 1 is 1.31 bits per heavy atom. The van der Waals surface area contributed by atoms with Crippen molar-refractivity contribution in [3.8, 4) is 0 Å². The predicted molar refractivity (Wildman–Crippen MR) is 54.7 cm³/mol. The van der Waals surface area contributed by atoms with Gasteiger partial charge in [0.15, 0.2) is 6.29 Å². The van der Waals surface area contributed by atoms with E-state index in [4.69, 9.17) is 5.11 Å². The molecule has 6 heteroatoms. The van der Waals surface area contributed by atoms with Gasteiger partial charge in [0.2, 0.25) is 0 Å². The second kappa shape index (κ2) is 4.63. The summed E-state index contributed by atoms with van der Waals surface area (Å²) < 4.78 is 1.60. The Labute approximate surface area is 91.6 Å². The summed E-state index contributed by atoms with van der Waals surface area (Å²) in [6.07, 6.45) is 3.86. The number of nitrogens with zero attached hydrogens (tertiary/aromatic N) is 4. The molecule has 0 aliphatic heterocycles. The molecule has 0 amide bonds. The molecule has 0 saturated heterocycles. The highest BCUT2D eigenvalue weighted by atomic mass is 16.3. The zero-order valence-corrected chi connectivity index (χ0v) is 8.45. The third-order valence-corrected chi connectivity index (χ3v) is 2.05. The van der Waals surface area contributed by atoms with E-state index in [9.17, 15) is 4.79 Å². The minimum absolute atomic E-state index is 0.121. The van der Waals surface area contributed by atoms with Crippen LogP contribution in [0.4, 0.5) is 0 Å². The van der Waals surface area contributed by atoms with Crippen LogP contribution in [0, 0.1) is 0 Å². The molecule has 0 aliphatic carbocycles. The molecule has 2 aromatic rings. The lowest BCUT2D eigenvalue weighted by atomic mass is 10.3. The summed E-state index contributed by atoms with van der Waals surface area (Å²) in [5.41, 5.74) is 1.77. The number of carbonyl (C=O) groups is 1. The van der Waals surface area contributed by atoms with Crippen LogP contribution in [0.15, 0.2) is 24.5 Å². The summed E-state index contributed by atoms with van der Waals surface area (Å²) in [5, 5.41) is 20.5. The molecule has 0 unspecified atom stereocenters. The Bertz CT molecular complexity index is 478. The molecule has 0 aliphatic rings. The number of aliphatic hydroxyl groups is 1. The highest BCUT2D eigenvalue weighted by molar-refractivity contribution is 5.73. The van der Waals surface area contributed by atoms with E-state index in [1.54, 1.807) is 23.0 Å². The summed E-state index contributed by atoms with van der Waals surface area (Å²) in [5.74, 6) is 0. The van der Waals surface area contributed by atoms with E-state index in [2.05, 4.69) is 15.3 Å². The van der Waals surface area contributed by atoms with Crippen LogP contribution >= 0.6 is 0 Å². The lowest BCUT2D eigenvalue weighted by Crippen LogP contribution is -2.04. The molecule has 0 radical (unpaired) electrons. The fraction of sp³-hybridized carbons (Fsp3) is 0.200. The molecular weight excluding hydrogens is 208 g/mol. The van der Waals surface area contributed by atoms with Crippen LogP contribution in [0.5, 0.6) is 0 Å². The minimum atomic E-state index is -0.121. The second-order valence-corrected chi connectivity index (χ2v) is 3.26. The molecule has 2 aromatic heterocycles. The molecular formula is C10H10N4O2. The van der Waals surface area contributed by atoms with Crippen LogP contribution in [0.2, 0.25) is 0 Å². The average molecular weight is 218 g/mol. The van der Waals surface area contributed by atoms with Gasteiger partial charge in [-0.25, -0.2) is 0 Å². The molecule has 2 rings (SSSR count). The van der Waals surface area contributed by atoms with Crippen LogP contribution < -0.4 is 0 Å². The Morgan fingerprint density at radius 3 is 2.62 bits per heavy atom. The van der Waals surface area contributed by atoms with Gasteiger partial charge < -0.3 is 5.11 Å². The number of aliphatic hydroxyl groups excluding tert-OH is 1. The largest absolute Gasteiger partial charge is 0.390 e. The summed E-state index contributed by atoms with van der Waals surface area (Å²) in [7, 11) is 0. The standard InChI is InChI=1S/C10H10N4O2/c15-6-8-3-11-14(4-8)5-9-1-2-10(7-16)13-12-9/h1-4,6,16H,5,7H2. The third kappa shape index (κ3) is 2.29. The predicted octanol–water partition coefficient (Wildman–Crippen LogP) is 0.0262. The molecule has 0 saturated carbocycles. The summed E-state index contributed by atoms with van der Waals surface area (Å²) >= 11 is 0. The number of aromatic nitrogens is 4. The lowest BCUT2D eigenvalue weighted by Gasteiger charge is -2.00. The van der Waals surface area contributed by atoms with Gasteiger partial charge >= 0.3 is 0 Å². The van der Waals surface area contributed by atoms with Gasteiger partial charge in [0, 0.05) is 6.20 Å². The maximum Gasteiger partial charge on any atom is 0.153 e. The number of rotatable bonds is 4. The molecule has 16 heavy (non-hydrogen) atoms. The first-order chi connectivity index (χ1) is 7.81. The van der Waals surface area contributed by atoms with Crippen molar-refractivity contribution in [1.29, 1.82) is 0 Å². The number of carbonyl (C=O) groups excluding carboxylic acids is 1. The minimum Gasteiger partial charge on any atom is -0.390 e. The van der Waals surface area contributed by atoms with Crippen molar-refractivity contribution in [3.63, 3.8) is 0 Å². The van der Waals surface area contributed by atoms with E-state index in [1.165, 1.54) is 6.20 Å². The Balaban J connectivity index is 2.10. The smallest absolute Gasteiger partial charge is 0.153 e. The second-order valence-electron chi connectivity index (χ2n) is 3.26. The third-order valence-electron chi connectivity index (χ3n) is 2.05. The summed E-state index contributed by atoms with van der Waals surface area (Å²) in [6.45, 7) is 0.330. The van der Waals surface area contributed by atoms with Crippen LogP contribution in [0.25, 0.3) is 0 Å². The summed E-state index contributed by atoms with van der Waals surface area (Å²) in [6, 6.07) is 3.47. The average Bonchev–Trinajstić information content (AvgIpc) is 2.78. The van der Waals surface area contributed by atoms with Crippen LogP contribution in [-0.2, 0) is 13.2 Å². The normalized spacial score (nSPS) is 10.3. The van der Waals surface area contributed by atoms with Crippen molar-refractivity contribution >= 4 is 6.29 Å². The molecule has 0 fully saturated rings. The molecule has 0 atom stereocenters. The van der Waals surface area contributed by atoms with Gasteiger partial charge in [-0.3, -0.25) is 9.48 Å². The maximum atomic E-state index is 10.4. The van der Waals surface area contributed by atoms with Gasteiger partial charge in [-0.2, -0.15) is 15.3 Å². The zero-order chi connectivity index (χ0) is 11.4. The van der Waals surface area contributed by atoms with Gasteiger partial charge in [-0.05, 0) is 12.1 Å². The van der Waals surface area contributed by atoms with Gasteiger partial charge in [0.05, 0.1) is 36.3 Å². The summed E-state index contributed by atoms with van der Waals surface area (Å²) in [4.78, 5) is 10.4. The van der Waals surface area contributed by atoms with Crippen LogP contribution in [0.3, 0.4) is 0 Å². The molecule has 6 nitrogen and oxygen atoms in total. The van der Waals surface area contributed by atoms with Gasteiger partial charge in [0.1, 0.15) is 0 Å². The van der Waals surface area contributed by atoms with Crippen molar-refractivity contribution in [2.24, 2.45) is 0 Å². The van der Waals surface area contributed by atoms with E-state index in [1.807, 2.05) is 0 Å². The van der Waals surface area contributed by atoms with E-state index >= 15 is 0 Å². The number of hydrogen-bond acceptors (Lipinski definition) is 5. The van der Waals surface area contributed by atoms with Crippen LogP contribution in [0.1, 0.15) is 21.7 Å². The van der Waals surface area contributed by atoms with Gasteiger partial charge in [-0.15, -0.1) is 0 Å². The fourth-order valence-electron chi connectivity index (χ4n) is 1.25. The quantitative estimate of drug-likeness (QED) is 0.732. The molecule has 0 spiro atoms. The first-order valence-corrected chi connectivity index (χ1v) is 4.72. The molecule has 0 bridgehead atoms. The first-order valence-electron chi connectivity index (χ1n) is 4.72. The van der Waals surface area contributed by atoms with Crippen molar-refractivity contribution in [3.05, 3.63) is 41.5 Å². The maximum absolute atomic E-state index is 10.4. The Hall–Kier alpha value is -2.08. The Morgan fingerprint density at radius 2 is 2.06 bits per heavy atom. The van der Waals surface area contributed by atoms with Crippen molar-refractivity contribution in [2.45, 2.75) is 13.2 Å². The first kappa shape index (κ1) is 10.4. The Kier molecular flexibility index (Phi) is 3.02. The highest BCUT2D eigenvalue weighted by Crippen LogP contribution is 2.00. The zero-order valence-electron chi connectivity index (χ0n) is 8.45. The SMILES string of the molecule is O=Cc1cnn(Cc2ccc(CO)nn2)c1. The number of hydrogen-bond donors (Lipinski definition) is 1. The fourth-order valence-corrected chi connectivity index (χ4v) is 1.25. The van der Waals surface area contributed by atoms with E-state index in [-0.39, 0.29) is 6.61 Å².